The third-order valence-corrected chi connectivity index (χ3v) is 4.29. The molecule has 0 aliphatic rings. The predicted octanol–water partition coefficient (Wildman–Crippen LogP) is 1.05. The van der Waals surface area contributed by atoms with Gasteiger partial charge in [0.05, 0.1) is 16.6 Å². The van der Waals surface area contributed by atoms with E-state index in [0.29, 0.717) is 0 Å². The minimum atomic E-state index is -4.02. The van der Waals surface area contributed by atoms with Crippen LogP contribution in [-0.2, 0) is 10.0 Å². The van der Waals surface area contributed by atoms with E-state index in [-0.39, 0.29) is 27.5 Å². The Bertz CT molecular complexity index is 843. The number of aromatic carboxylic acids is 1. The lowest BCUT2D eigenvalue weighted by Gasteiger charge is -2.12. The average Bonchev–Trinajstić information content (AvgIpc) is 2.47. The number of carboxylic acids is 1. The molecule has 0 amide bonds. The van der Waals surface area contributed by atoms with Crippen molar-refractivity contribution in [1.82, 2.24) is 0 Å². The van der Waals surface area contributed by atoms with Crippen molar-refractivity contribution in [1.29, 1.82) is 0 Å². The Morgan fingerprint density at radius 2 is 1.73 bits per heavy atom. The Hall–Kier alpha value is -2.67. The van der Waals surface area contributed by atoms with E-state index in [4.69, 9.17) is 0 Å². The van der Waals surface area contributed by atoms with Crippen molar-refractivity contribution in [2.45, 2.75) is 11.8 Å². The summed E-state index contributed by atoms with van der Waals surface area (Å²) in [4.78, 5) is 22.1. The molecule has 0 bridgehead atoms. The summed E-state index contributed by atoms with van der Waals surface area (Å²) in [5.41, 5.74) is 0.110. The topological polar surface area (TPSA) is 103 Å². The van der Waals surface area contributed by atoms with Crippen LogP contribution >= 0.6 is 0 Å². The van der Waals surface area contributed by atoms with Crippen molar-refractivity contribution >= 4 is 27.5 Å². The summed E-state index contributed by atoms with van der Waals surface area (Å²) in [7, 11) is -4.02. The number of benzene rings is 2. The maximum atomic E-state index is 12.3. The lowest BCUT2D eigenvalue weighted by Crippen LogP contribution is -2.23. The van der Waals surface area contributed by atoms with Crippen molar-refractivity contribution in [2.75, 3.05) is 4.72 Å². The maximum absolute atomic E-state index is 12.3. The first-order valence-corrected chi connectivity index (χ1v) is 7.74. The second-order valence-electron chi connectivity index (χ2n) is 4.52. The number of para-hydroxylation sites is 1. The Morgan fingerprint density at radius 1 is 1.05 bits per heavy atom. The van der Waals surface area contributed by atoms with Gasteiger partial charge in [-0.05, 0) is 36.8 Å². The zero-order valence-electron chi connectivity index (χ0n) is 11.6. The SMILES string of the molecule is CC(=O)c1ccccc1NS(=O)(=O)c1cccc(C(=O)[O-])c1. The van der Waals surface area contributed by atoms with Crippen LogP contribution in [0.25, 0.3) is 0 Å². The molecule has 0 saturated carbocycles. The third-order valence-electron chi connectivity index (χ3n) is 2.93. The van der Waals surface area contributed by atoms with E-state index in [1.54, 1.807) is 12.1 Å². The van der Waals surface area contributed by atoms with Gasteiger partial charge in [-0.25, -0.2) is 8.42 Å². The molecule has 0 aliphatic heterocycles. The summed E-state index contributed by atoms with van der Waals surface area (Å²) in [6.07, 6.45) is 0. The Kier molecular flexibility index (Phi) is 4.27. The highest BCUT2D eigenvalue weighted by Crippen LogP contribution is 2.21. The van der Waals surface area contributed by atoms with Gasteiger partial charge >= 0.3 is 0 Å². The standard InChI is InChI=1S/C15H13NO5S/c1-10(17)13-7-2-3-8-14(13)16-22(20,21)12-6-4-5-11(9-12)15(18)19/h2-9,16H,1H3,(H,18,19)/p-1. The van der Waals surface area contributed by atoms with Crippen molar-refractivity contribution in [3.63, 3.8) is 0 Å². The molecule has 1 N–H and O–H groups in total. The molecule has 6 nitrogen and oxygen atoms in total. The number of carboxylic acid groups (broad SMARTS) is 1. The Balaban J connectivity index is 2.43. The summed E-state index contributed by atoms with van der Waals surface area (Å²) in [6, 6.07) is 10.9. The van der Waals surface area contributed by atoms with Crippen molar-refractivity contribution < 1.29 is 23.1 Å². The molecule has 22 heavy (non-hydrogen) atoms. The van der Waals surface area contributed by atoms with E-state index in [0.717, 1.165) is 6.07 Å². The summed E-state index contributed by atoms with van der Waals surface area (Å²) >= 11 is 0. The first kappa shape index (κ1) is 15.7. The van der Waals surface area contributed by atoms with Crippen molar-refractivity contribution in [3.8, 4) is 0 Å². The van der Waals surface area contributed by atoms with Crippen LogP contribution in [0.15, 0.2) is 53.4 Å². The number of hydrogen-bond donors (Lipinski definition) is 1. The summed E-state index contributed by atoms with van der Waals surface area (Å²) in [5, 5.41) is 10.8. The number of hydrogen-bond acceptors (Lipinski definition) is 5. The lowest BCUT2D eigenvalue weighted by molar-refractivity contribution is -0.255. The molecule has 7 heteroatoms. The minimum absolute atomic E-state index is 0.133. The number of Topliss-reactive ketones (excluding diaryl/α,β-unsaturated/α-hetero) is 1. The normalized spacial score (nSPS) is 11.0. The van der Waals surface area contributed by atoms with Crippen LogP contribution in [0, 0.1) is 0 Å². The van der Waals surface area contributed by atoms with Crippen LogP contribution in [-0.4, -0.2) is 20.2 Å². The van der Waals surface area contributed by atoms with Gasteiger partial charge in [-0.2, -0.15) is 0 Å². The first-order valence-electron chi connectivity index (χ1n) is 6.25. The number of sulfonamides is 1. The van der Waals surface area contributed by atoms with Gasteiger partial charge in [0.2, 0.25) is 0 Å². The molecule has 0 heterocycles. The molecule has 0 fully saturated rings. The molecule has 2 aromatic rings. The second-order valence-corrected chi connectivity index (χ2v) is 6.20. The number of carbonyl (C=O) groups is 2. The van der Waals surface area contributed by atoms with E-state index in [1.807, 2.05) is 0 Å². The maximum Gasteiger partial charge on any atom is 0.261 e. The highest BCUT2D eigenvalue weighted by Gasteiger charge is 2.17. The molecule has 0 unspecified atom stereocenters. The fourth-order valence-electron chi connectivity index (χ4n) is 1.87. The number of rotatable bonds is 5. The molecule has 0 radical (unpaired) electrons. The zero-order valence-corrected chi connectivity index (χ0v) is 12.4. The van der Waals surface area contributed by atoms with Crippen LogP contribution in [0.4, 0.5) is 5.69 Å². The van der Waals surface area contributed by atoms with E-state index >= 15 is 0 Å². The molecule has 2 rings (SSSR count). The summed E-state index contributed by atoms with van der Waals surface area (Å²) in [5.74, 6) is -1.76. The fraction of sp³-hybridized carbons (Fsp3) is 0.0667. The van der Waals surface area contributed by atoms with E-state index in [1.165, 1.54) is 37.3 Å². The quantitative estimate of drug-likeness (QED) is 0.830. The molecular weight excluding hydrogens is 306 g/mol. The van der Waals surface area contributed by atoms with Gasteiger partial charge in [0.25, 0.3) is 10.0 Å². The minimum Gasteiger partial charge on any atom is -0.545 e. The smallest absolute Gasteiger partial charge is 0.261 e. The molecule has 0 aromatic heterocycles. The predicted molar refractivity (Wildman–Crippen MR) is 78.0 cm³/mol. The Morgan fingerprint density at radius 3 is 2.36 bits per heavy atom. The zero-order chi connectivity index (χ0) is 16.3. The molecule has 114 valence electrons. The third kappa shape index (κ3) is 3.32. The van der Waals surface area contributed by atoms with E-state index in [2.05, 4.69) is 4.72 Å². The van der Waals surface area contributed by atoms with Gasteiger partial charge < -0.3 is 9.90 Å². The monoisotopic (exact) mass is 318 g/mol. The molecule has 0 atom stereocenters. The fourth-order valence-corrected chi connectivity index (χ4v) is 3.00. The molecule has 0 spiro atoms. The van der Waals surface area contributed by atoms with Gasteiger partial charge in [0.1, 0.15) is 0 Å². The second kappa shape index (κ2) is 5.98. The van der Waals surface area contributed by atoms with Crippen LogP contribution in [0.2, 0.25) is 0 Å². The van der Waals surface area contributed by atoms with Crippen LogP contribution in [0.5, 0.6) is 0 Å². The van der Waals surface area contributed by atoms with Crippen LogP contribution < -0.4 is 9.83 Å². The van der Waals surface area contributed by atoms with Gasteiger partial charge in [-0.15, -0.1) is 0 Å². The van der Waals surface area contributed by atoms with Gasteiger partial charge in [-0.1, -0.05) is 24.3 Å². The summed E-state index contributed by atoms with van der Waals surface area (Å²) in [6.45, 7) is 1.32. The molecule has 0 saturated heterocycles. The largest absolute Gasteiger partial charge is 0.545 e. The van der Waals surface area contributed by atoms with E-state index < -0.39 is 16.0 Å². The number of nitrogens with one attached hydrogen (secondary N) is 1. The molecule has 0 aliphatic carbocycles. The van der Waals surface area contributed by atoms with Gasteiger partial charge in [-0.3, -0.25) is 9.52 Å². The van der Waals surface area contributed by atoms with Crippen LogP contribution in [0.1, 0.15) is 27.6 Å². The van der Waals surface area contributed by atoms with Crippen molar-refractivity contribution in [3.05, 3.63) is 59.7 Å². The Labute approximate surface area is 127 Å². The number of ketones is 1. The van der Waals surface area contributed by atoms with Gasteiger partial charge in [0, 0.05) is 5.56 Å². The highest BCUT2D eigenvalue weighted by atomic mass is 32.2. The van der Waals surface area contributed by atoms with E-state index in [9.17, 15) is 23.1 Å². The average molecular weight is 318 g/mol. The number of carbonyl (C=O) groups excluding carboxylic acids is 2. The number of anilines is 1. The summed E-state index contributed by atoms with van der Waals surface area (Å²) < 4.78 is 26.9. The highest BCUT2D eigenvalue weighted by molar-refractivity contribution is 7.92. The lowest BCUT2D eigenvalue weighted by atomic mass is 10.1. The first-order chi connectivity index (χ1) is 10.3. The van der Waals surface area contributed by atoms with Crippen LogP contribution in [0.3, 0.4) is 0 Å². The van der Waals surface area contributed by atoms with Gasteiger partial charge in [0.15, 0.2) is 5.78 Å². The molecular formula is C15H12NO5S-. The molecule has 2 aromatic carbocycles. The van der Waals surface area contributed by atoms with Crippen molar-refractivity contribution in [2.24, 2.45) is 0 Å².